The first-order valence-electron chi connectivity index (χ1n) is 20.5. The molecule has 13 rings (SSSR count). The van der Waals surface area contributed by atoms with Crippen molar-refractivity contribution in [2.45, 2.75) is 6.92 Å². The van der Waals surface area contributed by atoms with Crippen molar-refractivity contribution in [3.8, 4) is 50.4 Å². The minimum atomic E-state index is -0.133. The molecule has 0 saturated heterocycles. The lowest BCUT2D eigenvalue weighted by atomic mass is 9.43. The van der Waals surface area contributed by atoms with E-state index in [0.717, 1.165) is 39.1 Å². The number of nitrogens with zero attached hydrogens (tertiary/aromatic N) is 2. The van der Waals surface area contributed by atoms with E-state index in [-0.39, 0.29) is 6.85 Å². The largest absolute Gasteiger partial charge is 0.455 e. The van der Waals surface area contributed by atoms with Crippen molar-refractivity contribution in [1.82, 2.24) is 4.57 Å². The van der Waals surface area contributed by atoms with Crippen molar-refractivity contribution < 1.29 is 4.42 Å². The molecular weight excluding hydrogens is 715 g/mol. The van der Waals surface area contributed by atoms with Gasteiger partial charge in [0, 0.05) is 49.9 Å². The Labute approximate surface area is 342 Å². The van der Waals surface area contributed by atoms with Crippen LogP contribution in [0.2, 0.25) is 0 Å². The average molecular weight is 751 g/mol. The Morgan fingerprint density at radius 1 is 0.492 bits per heavy atom. The molecule has 3 nitrogen and oxygen atoms in total. The van der Waals surface area contributed by atoms with Gasteiger partial charge in [-0.25, -0.2) is 0 Å². The smallest absolute Gasteiger partial charge is 0.333 e. The van der Waals surface area contributed by atoms with Crippen molar-refractivity contribution in [3.63, 3.8) is 0 Å². The van der Waals surface area contributed by atoms with Gasteiger partial charge in [0.1, 0.15) is 11.3 Å². The molecule has 0 saturated carbocycles. The number of aromatic nitrogens is 1. The molecule has 9 aromatic carbocycles. The summed E-state index contributed by atoms with van der Waals surface area (Å²) in [6.45, 7) is 2.03. The molecule has 2 aliphatic heterocycles. The number of hydrogen-bond donors (Lipinski definition) is 0. The van der Waals surface area contributed by atoms with Gasteiger partial charge in [-0.05, 0) is 99.4 Å². The first-order chi connectivity index (χ1) is 29.2. The third kappa shape index (κ3) is 4.60. The van der Waals surface area contributed by atoms with Gasteiger partial charge in [0.25, 0.3) is 0 Å². The van der Waals surface area contributed by atoms with Gasteiger partial charge in [-0.2, -0.15) is 0 Å². The summed E-state index contributed by atoms with van der Waals surface area (Å²) in [5.41, 5.74) is 19.0. The maximum absolute atomic E-state index is 7.11. The number of benzene rings is 9. The SMILES string of the molecule is Cc1ccc(N2B3c4cc5oc(-c6ccccc6)c(-c6ccccc6)c5cc4-n4c5cc6ccccc6cc5c5c(-c6ccccc6)cc(c3c54)-c3ccccc32)cc1. The molecule has 0 bridgehead atoms. The number of hydrogen-bond acceptors (Lipinski definition) is 2. The molecule has 0 unspecified atom stereocenters. The summed E-state index contributed by atoms with van der Waals surface area (Å²) < 4.78 is 9.71. The van der Waals surface area contributed by atoms with Crippen molar-refractivity contribution in [2.75, 3.05) is 4.81 Å². The fraction of sp³-hybridized carbons (Fsp3) is 0.0182. The Hall–Kier alpha value is -7.56. The standard InChI is InChI=1S/C55H35BN2O/c1-34-25-27-40(28-26-34)58-47-24-14-13-23-41(47)43-31-42(35-15-5-2-6-16-35)52-44-29-38-21-11-12-22-39(38)30-48(44)57-49-32-45-50(33-46(49)56(58)53(43)54(52)57)59-55(37-19-9-4-10-20-37)51(45)36-17-7-3-8-18-36/h2-33H,1H3. The van der Waals surface area contributed by atoms with E-state index in [4.69, 9.17) is 4.42 Å². The van der Waals surface area contributed by atoms with Gasteiger partial charge in [-0.3, -0.25) is 0 Å². The number of para-hydroxylation sites is 1. The van der Waals surface area contributed by atoms with E-state index < -0.39 is 0 Å². The zero-order valence-electron chi connectivity index (χ0n) is 32.4. The molecule has 0 amide bonds. The highest BCUT2D eigenvalue weighted by atomic mass is 16.3. The molecule has 2 aromatic heterocycles. The predicted molar refractivity (Wildman–Crippen MR) is 248 cm³/mol. The van der Waals surface area contributed by atoms with Crippen molar-refractivity contribution in [2.24, 2.45) is 0 Å². The lowest BCUT2D eigenvalue weighted by molar-refractivity contribution is 0.632. The lowest BCUT2D eigenvalue weighted by Crippen LogP contribution is -2.60. The summed E-state index contributed by atoms with van der Waals surface area (Å²) in [5, 5.41) is 6.11. The minimum Gasteiger partial charge on any atom is -0.455 e. The third-order valence-corrected chi connectivity index (χ3v) is 12.8. The van der Waals surface area contributed by atoms with Crippen LogP contribution in [0.1, 0.15) is 5.56 Å². The molecular formula is C55H35BN2O. The first kappa shape index (κ1) is 32.5. The maximum Gasteiger partial charge on any atom is 0.333 e. The Bertz CT molecular complexity index is 3490. The van der Waals surface area contributed by atoms with Gasteiger partial charge in [0.05, 0.1) is 11.0 Å². The Balaban J connectivity index is 1.25. The Kier molecular flexibility index (Phi) is 6.74. The third-order valence-electron chi connectivity index (χ3n) is 12.8. The van der Waals surface area contributed by atoms with Crippen LogP contribution < -0.4 is 15.7 Å². The molecule has 0 fully saturated rings. The molecule has 0 spiro atoms. The first-order valence-corrected chi connectivity index (χ1v) is 20.5. The van der Waals surface area contributed by atoms with Crippen molar-refractivity contribution >= 4 is 72.7 Å². The second-order valence-corrected chi connectivity index (χ2v) is 16.1. The van der Waals surface area contributed by atoms with E-state index in [9.17, 15) is 0 Å². The molecule has 0 radical (unpaired) electrons. The van der Waals surface area contributed by atoms with Gasteiger partial charge in [0.2, 0.25) is 0 Å². The van der Waals surface area contributed by atoms with Crippen LogP contribution in [0.25, 0.3) is 93.9 Å². The van der Waals surface area contributed by atoms with E-state index in [1.165, 1.54) is 82.7 Å². The highest BCUT2D eigenvalue weighted by Gasteiger charge is 2.45. The van der Waals surface area contributed by atoms with E-state index in [1.54, 1.807) is 0 Å². The number of fused-ring (bicyclic) bond motifs is 10. The van der Waals surface area contributed by atoms with E-state index in [1.807, 2.05) is 0 Å². The Morgan fingerprint density at radius 3 is 1.88 bits per heavy atom. The molecule has 4 heteroatoms. The summed E-state index contributed by atoms with van der Waals surface area (Å²) in [6, 6.07) is 71.2. The van der Waals surface area contributed by atoms with Crippen molar-refractivity contribution in [1.29, 1.82) is 0 Å². The summed E-state index contributed by atoms with van der Waals surface area (Å²) in [4.78, 5) is 2.58. The summed E-state index contributed by atoms with van der Waals surface area (Å²) >= 11 is 0. The Morgan fingerprint density at radius 2 is 1.14 bits per heavy atom. The average Bonchev–Trinajstić information content (AvgIpc) is 3.84. The van der Waals surface area contributed by atoms with E-state index in [2.05, 4.69) is 210 Å². The molecule has 4 heterocycles. The minimum absolute atomic E-state index is 0.133. The number of aryl methyl sites for hydroxylation is 1. The molecule has 11 aromatic rings. The highest BCUT2D eigenvalue weighted by molar-refractivity contribution is 6.94. The van der Waals surface area contributed by atoms with Crippen LogP contribution in [-0.2, 0) is 0 Å². The maximum atomic E-state index is 7.11. The molecule has 59 heavy (non-hydrogen) atoms. The second kappa shape index (κ2) is 12.2. The fourth-order valence-electron chi connectivity index (χ4n) is 10.2. The van der Waals surface area contributed by atoms with Gasteiger partial charge in [0.15, 0.2) is 0 Å². The molecule has 2 aliphatic rings. The van der Waals surface area contributed by atoms with Gasteiger partial charge < -0.3 is 13.8 Å². The zero-order chi connectivity index (χ0) is 38.8. The summed E-state index contributed by atoms with van der Waals surface area (Å²) in [6.07, 6.45) is 0. The van der Waals surface area contributed by atoms with Crippen molar-refractivity contribution in [3.05, 3.63) is 200 Å². The van der Waals surface area contributed by atoms with Crippen LogP contribution in [0.3, 0.4) is 0 Å². The molecule has 274 valence electrons. The van der Waals surface area contributed by atoms with Crippen LogP contribution >= 0.6 is 0 Å². The zero-order valence-corrected chi connectivity index (χ0v) is 32.4. The fourth-order valence-corrected chi connectivity index (χ4v) is 10.2. The van der Waals surface area contributed by atoms with Crippen LogP contribution in [0.5, 0.6) is 0 Å². The number of anilines is 2. The highest BCUT2D eigenvalue weighted by Crippen LogP contribution is 2.50. The monoisotopic (exact) mass is 750 g/mol. The summed E-state index contributed by atoms with van der Waals surface area (Å²) in [7, 11) is 0. The normalized spacial score (nSPS) is 12.8. The summed E-state index contributed by atoms with van der Waals surface area (Å²) in [5.74, 6) is 0.886. The predicted octanol–water partition coefficient (Wildman–Crippen LogP) is 13.2. The molecule has 0 aliphatic carbocycles. The van der Waals surface area contributed by atoms with Crippen LogP contribution in [-0.4, -0.2) is 11.4 Å². The van der Waals surface area contributed by atoms with Gasteiger partial charge in [-0.15, -0.1) is 0 Å². The topological polar surface area (TPSA) is 21.3 Å². The molecule has 0 N–H and O–H groups in total. The quantitative estimate of drug-likeness (QED) is 0.167. The van der Waals surface area contributed by atoms with Crippen LogP contribution in [0.4, 0.5) is 11.4 Å². The van der Waals surface area contributed by atoms with E-state index in [0.29, 0.717) is 0 Å². The number of rotatable bonds is 4. The van der Waals surface area contributed by atoms with Crippen LogP contribution in [0, 0.1) is 6.92 Å². The molecule has 0 atom stereocenters. The lowest BCUT2D eigenvalue weighted by Gasteiger charge is -2.42. The van der Waals surface area contributed by atoms with Crippen LogP contribution in [0.15, 0.2) is 199 Å². The van der Waals surface area contributed by atoms with Gasteiger partial charge in [-0.1, -0.05) is 151 Å². The number of furan rings is 1. The second-order valence-electron chi connectivity index (χ2n) is 16.1. The van der Waals surface area contributed by atoms with Gasteiger partial charge >= 0.3 is 6.85 Å². The van der Waals surface area contributed by atoms with E-state index >= 15 is 0 Å².